The first-order valence-electron chi connectivity index (χ1n) is 29.3. The number of benzene rings is 5. The predicted octanol–water partition coefficient (Wildman–Crippen LogP) is 8.94. The fourth-order valence-corrected chi connectivity index (χ4v) is 11.2. The number of aryl methyl sites for hydroxylation is 1. The highest BCUT2D eigenvalue weighted by Gasteiger charge is 2.45. The van der Waals surface area contributed by atoms with Crippen LogP contribution in [0.2, 0.25) is 0 Å². The smallest absolute Gasteiger partial charge is 0.248 e. The van der Waals surface area contributed by atoms with Gasteiger partial charge in [-0.25, -0.2) is 0 Å². The van der Waals surface area contributed by atoms with Crippen molar-refractivity contribution >= 4 is 34.8 Å². The van der Waals surface area contributed by atoms with Gasteiger partial charge in [-0.15, -0.1) is 0 Å². The lowest BCUT2D eigenvalue weighted by Gasteiger charge is -2.35. The highest BCUT2D eigenvalue weighted by molar-refractivity contribution is 5.99. The van der Waals surface area contributed by atoms with E-state index >= 15 is 0 Å². The minimum Gasteiger partial charge on any atom is -0.508 e. The zero-order valence-electron chi connectivity index (χ0n) is 48.2. The molecule has 4 amide bonds. The summed E-state index contributed by atoms with van der Waals surface area (Å²) < 4.78 is 35.4. The SMILES string of the molecule is CCC(=C(c1ccc(O)cc1)c1ccc(OCCN(C)C(=O)COCCOCCOCCOc2ccc(OC3CC(C(=O)NC4CCCc5ccccc54)N(C(=O)C(NC(=O)C(C)NC)C4CCCCC4)C3)cc2)cc1)c1ccccc1. The molecule has 5 unspecified atom stereocenters. The second-order valence-electron chi connectivity index (χ2n) is 21.4. The molecule has 5 aromatic rings. The lowest BCUT2D eigenvalue weighted by atomic mass is 9.83. The molecule has 1 saturated heterocycles. The molecule has 8 rings (SSSR count). The molecule has 1 aliphatic heterocycles. The zero-order chi connectivity index (χ0) is 57.6. The van der Waals surface area contributed by atoms with Gasteiger partial charge in [0.25, 0.3) is 0 Å². The van der Waals surface area contributed by atoms with Crippen LogP contribution in [0.5, 0.6) is 23.0 Å². The molecule has 16 nitrogen and oxygen atoms in total. The molecule has 438 valence electrons. The van der Waals surface area contributed by atoms with E-state index in [9.17, 15) is 24.3 Å². The van der Waals surface area contributed by atoms with E-state index in [1.165, 1.54) is 11.1 Å². The molecule has 1 saturated carbocycles. The molecule has 2 aliphatic carbocycles. The molecule has 2 fully saturated rings. The quantitative estimate of drug-likeness (QED) is 0.0264. The summed E-state index contributed by atoms with van der Waals surface area (Å²) in [7, 11) is 3.44. The molecular weight excluding hydrogens is 1040 g/mol. The van der Waals surface area contributed by atoms with Crippen molar-refractivity contribution in [1.29, 1.82) is 0 Å². The average Bonchev–Trinajstić information content (AvgIpc) is 4.16. The average molecular weight is 1120 g/mol. The van der Waals surface area contributed by atoms with Crippen molar-refractivity contribution < 1.29 is 52.7 Å². The number of carbonyl (C=O) groups excluding carboxylic acids is 4. The third-order valence-electron chi connectivity index (χ3n) is 15.8. The number of fused-ring (bicyclic) bond motifs is 1. The molecule has 1 heterocycles. The highest BCUT2D eigenvalue weighted by Crippen LogP contribution is 2.37. The molecule has 5 atom stereocenters. The monoisotopic (exact) mass is 1120 g/mol. The number of ether oxygens (including phenoxy) is 6. The van der Waals surface area contributed by atoms with E-state index in [4.69, 9.17) is 28.4 Å². The van der Waals surface area contributed by atoms with Gasteiger partial charge in [-0.3, -0.25) is 19.2 Å². The molecule has 82 heavy (non-hydrogen) atoms. The first-order chi connectivity index (χ1) is 40.0. The standard InChI is InChI=1S/C66H83N5O11/c1-5-57(47-15-8-6-9-16-47)62(49-23-27-52(72)28-24-49)50-25-29-53(30-26-50)80-36-35-70(4)61(73)45-79-40-39-77-37-38-78-41-42-81-54-31-33-55(34-32-54)82-56-43-60(65(75)68-59-22-14-20-48-17-12-13-21-58(48)59)71(44-56)66(76)63(51-18-10-7-11-19-51)69-64(74)46(2)67-3/h6,8-9,12-13,15-17,21,23-34,46,51,56,59-60,63,67,72H,5,7,10-11,14,18-20,22,35-45H2,1-4H3,(H,68,75)(H,69,74). The number of likely N-dealkylation sites (N-methyl/N-ethyl adjacent to an activating group) is 2. The van der Waals surface area contributed by atoms with Crippen LogP contribution in [0.4, 0.5) is 0 Å². The van der Waals surface area contributed by atoms with Crippen molar-refractivity contribution in [3.05, 3.63) is 155 Å². The number of phenolic OH excluding ortho intramolecular Hbond substituents is 1. The van der Waals surface area contributed by atoms with Crippen molar-refractivity contribution in [2.45, 2.75) is 108 Å². The number of nitrogens with one attached hydrogen (secondary N) is 3. The van der Waals surface area contributed by atoms with Crippen LogP contribution in [0.1, 0.15) is 105 Å². The largest absolute Gasteiger partial charge is 0.508 e. The van der Waals surface area contributed by atoms with Crippen LogP contribution < -0.4 is 30.2 Å². The van der Waals surface area contributed by atoms with Crippen LogP contribution in [0.25, 0.3) is 11.1 Å². The number of hydrogen-bond acceptors (Lipinski definition) is 12. The van der Waals surface area contributed by atoms with Crippen LogP contribution in [-0.4, -0.2) is 143 Å². The molecule has 5 aromatic carbocycles. The van der Waals surface area contributed by atoms with Crippen molar-refractivity contribution in [3.63, 3.8) is 0 Å². The van der Waals surface area contributed by atoms with Crippen molar-refractivity contribution in [2.24, 2.45) is 5.92 Å². The van der Waals surface area contributed by atoms with Gasteiger partial charge in [-0.05, 0) is 146 Å². The number of hydrogen-bond donors (Lipinski definition) is 4. The summed E-state index contributed by atoms with van der Waals surface area (Å²) in [5.74, 6) is 1.27. The van der Waals surface area contributed by atoms with Gasteiger partial charge in [0.1, 0.15) is 61.0 Å². The fourth-order valence-electron chi connectivity index (χ4n) is 11.2. The van der Waals surface area contributed by atoms with Crippen LogP contribution in [0, 0.1) is 5.92 Å². The summed E-state index contributed by atoms with van der Waals surface area (Å²) in [4.78, 5) is 58.4. The Hall–Kier alpha value is -7.24. The van der Waals surface area contributed by atoms with Gasteiger partial charge >= 0.3 is 0 Å². The van der Waals surface area contributed by atoms with Crippen LogP contribution in [0.3, 0.4) is 0 Å². The van der Waals surface area contributed by atoms with Gasteiger partial charge in [-0.2, -0.15) is 0 Å². The Morgan fingerprint density at radius 2 is 1.29 bits per heavy atom. The van der Waals surface area contributed by atoms with E-state index in [2.05, 4.69) is 47.1 Å². The summed E-state index contributed by atoms with van der Waals surface area (Å²) in [6, 6.07) is 38.9. The summed E-state index contributed by atoms with van der Waals surface area (Å²) >= 11 is 0. The number of phenols is 1. The maximum atomic E-state index is 14.7. The second kappa shape index (κ2) is 31.3. The van der Waals surface area contributed by atoms with Crippen LogP contribution in [0.15, 0.2) is 127 Å². The van der Waals surface area contributed by atoms with E-state index < -0.39 is 24.2 Å². The molecule has 16 heteroatoms. The molecule has 0 aromatic heterocycles. The Bertz CT molecular complexity index is 2840. The summed E-state index contributed by atoms with van der Waals surface area (Å²) in [5.41, 5.74) is 7.84. The lowest BCUT2D eigenvalue weighted by molar-refractivity contribution is -0.143. The first kappa shape index (κ1) is 60.8. The van der Waals surface area contributed by atoms with Crippen LogP contribution in [-0.2, 0) is 39.8 Å². The minimum absolute atomic E-state index is 0.0198. The molecule has 4 N–H and O–H groups in total. The Labute approximate surface area is 483 Å². The van der Waals surface area contributed by atoms with E-state index in [0.29, 0.717) is 69.9 Å². The Balaban J connectivity index is 0.717. The van der Waals surface area contributed by atoms with E-state index in [1.54, 1.807) is 43.0 Å². The number of allylic oxidation sites excluding steroid dienone is 1. The normalized spacial score (nSPS) is 18.1. The first-order valence-corrected chi connectivity index (χ1v) is 29.3. The summed E-state index contributed by atoms with van der Waals surface area (Å²) in [6.07, 6.45) is 8.19. The van der Waals surface area contributed by atoms with E-state index in [0.717, 1.165) is 85.6 Å². The molecule has 0 bridgehead atoms. The summed E-state index contributed by atoms with van der Waals surface area (Å²) in [6.45, 7) is 6.72. The maximum Gasteiger partial charge on any atom is 0.248 e. The molecule has 3 aliphatic rings. The van der Waals surface area contributed by atoms with Crippen molar-refractivity contribution in [2.75, 3.05) is 80.0 Å². The number of rotatable bonds is 29. The van der Waals surface area contributed by atoms with Gasteiger partial charge in [-0.1, -0.05) is 105 Å². The zero-order valence-corrected chi connectivity index (χ0v) is 48.2. The maximum absolute atomic E-state index is 14.7. The Morgan fingerprint density at radius 1 is 0.683 bits per heavy atom. The number of likely N-dealkylation sites (tertiary alicyclic amines) is 1. The Kier molecular flexibility index (Phi) is 23.2. The molecular formula is C66H83N5O11. The van der Waals surface area contributed by atoms with Gasteiger partial charge < -0.3 is 59.3 Å². The number of carbonyl (C=O) groups is 4. The fraction of sp³-hybridized carbons (Fsp3) is 0.455. The highest BCUT2D eigenvalue weighted by atomic mass is 16.6. The minimum atomic E-state index is -0.769. The number of amides is 4. The van der Waals surface area contributed by atoms with Crippen LogP contribution >= 0.6 is 0 Å². The van der Waals surface area contributed by atoms with E-state index in [-0.39, 0.29) is 61.1 Å². The van der Waals surface area contributed by atoms with Gasteiger partial charge in [0.15, 0.2) is 0 Å². The topological polar surface area (TPSA) is 186 Å². The second-order valence-corrected chi connectivity index (χ2v) is 21.4. The third-order valence-corrected chi connectivity index (χ3v) is 15.8. The Morgan fingerprint density at radius 3 is 1.98 bits per heavy atom. The van der Waals surface area contributed by atoms with Gasteiger partial charge in [0, 0.05) is 13.5 Å². The van der Waals surface area contributed by atoms with E-state index in [1.807, 2.05) is 91.0 Å². The predicted molar refractivity (Wildman–Crippen MR) is 317 cm³/mol. The van der Waals surface area contributed by atoms with Crippen molar-refractivity contribution in [3.8, 4) is 23.0 Å². The molecule has 0 spiro atoms. The van der Waals surface area contributed by atoms with Gasteiger partial charge in [0.05, 0.1) is 58.2 Å². The summed E-state index contributed by atoms with van der Waals surface area (Å²) in [5, 5.41) is 19.4. The van der Waals surface area contributed by atoms with Gasteiger partial charge in [0.2, 0.25) is 23.6 Å². The number of aromatic hydroxyl groups is 1. The lowest BCUT2D eigenvalue weighted by Crippen LogP contribution is -2.58. The molecule has 0 radical (unpaired) electrons. The van der Waals surface area contributed by atoms with Crippen molar-refractivity contribution in [1.82, 2.24) is 25.8 Å². The third kappa shape index (κ3) is 17.2. The number of nitrogens with zero attached hydrogens (tertiary/aromatic N) is 2.